The highest BCUT2D eigenvalue weighted by molar-refractivity contribution is 6.32. The quantitative estimate of drug-likeness (QED) is 0.701. The summed E-state index contributed by atoms with van der Waals surface area (Å²) in [7, 11) is 0. The maximum Gasteiger partial charge on any atom is 0.330 e. The molecule has 2 saturated carbocycles. The first-order chi connectivity index (χ1) is 13.6. The van der Waals surface area contributed by atoms with E-state index < -0.39 is 49.0 Å². The minimum absolute atomic E-state index is 0.0760. The van der Waals surface area contributed by atoms with Crippen LogP contribution in [0.25, 0.3) is 0 Å². The molecule has 0 spiro atoms. The molecule has 2 aliphatic rings. The predicted molar refractivity (Wildman–Crippen MR) is 105 cm³/mol. The van der Waals surface area contributed by atoms with Crippen LogP contribution in [0.4, 0.5) is 14.5 Å². The molecule has 0 unspecified atom stereocenters. The summed E-state index contributed by atoms with van der Waals surface area (Å²) in [6.45, 7) is 1.67. The van der Waals surface area contributed by atoms with Crippen molar-refractivity contribution in [3.05, 3.63) is 22.7 Å². The van der Waals surface area contributed by atoms with Crippen LogP contribution in [0.2, 0.25) is 5.02 Å². The highest BCUT2D eigenvalue weighted by Gasteiger charge is 2.53. The van der Waals surface area contributed by atoms with E-state index in [2.05, 4.69) is 0 Å². The Morgan fingerprint density at radius 3 is 2.38 bits per heavy atom. The molecule has 0 radical (unpaired) electrons. The maximum atomic E-state index is 13.7. The van der Waals surface area contributed by atoms with Gasteiger partial charge in [0, 0.05) is 12.8 Å². The lowest BCUT2D eigenvalue weighted by Gasteiger charge is -2.44. The zero-order valence-electron chi connectivity index (χ0n) is 16.0. The Balaban J connectivity index is 2.04. The number of hydrogen-bond acceptors (Lipinski definition) is 3. The first-order valence-corrected chi connectivity index (χ1v) is 9.86. The topological polar surface area (TPSA) is 66.8 Å². The average Bonchev–Trinajstić information content (AvgIpc) is 2.62. The van der Waals surface area contributed by atoms with Crippen LogP contribution >= 0.6 is 11.6 Å². The van der Waals surface area contributed by atoms with Crippen LogP contribution < -0.4 is 9.64 Å². The number of aliphatic carboxylic acids is 1. The third kappa shape index (κ3) is 4.04. The van der Waals surface area contributed by atoms with Crippen molar-refractivity contribution in [2.24, 2.45) is 0 Å². The van der Waals surface area contributed by atoms with Gasteiger partial charge >= 0.3 is 11.9 Å². The molecule has 1 amide bonds. The van der Waals surface area contributed by atoms with Crippen molar-refractivity contribution in [1.29, 1.82) is 0 Å². The van der Waals surface area contributed by atoms with Crippen molar-refractivity contribution in [3.63, 3.8) is 0 Å². The van der Waals surface area contributed by atoms with Crippen LogP contribution in [0.5, 0.6) is 5.75 Å². The summed E-state index contributed by atoms with van der Waals surface area (Å²) in [6.07, 6.45) is 6.17. The number of carbonyl (C=O) groups excluding carboxylic acids is 1. The summed E-state index contributed by atoms with van der Waals surface area (Å²) in [5, 5.41) is 10.1. The Kier molecular flexibility index (Phi) is 5.77. The fourth-order valence-corrected chi connectivity index (χ4v) is 4.01. The van der Waals surface area contributed by atoms with Gasteiger partial charge in [0.05, 0.1) is 16.8 Å². The molecule has 2 fully saturated rings. The summed E-state index contributed by atoms with van der Waals surface area (Å²) in [4.78, 5) is 25.8. The van der Waals surface area contributed by atoms with E-state index in [0.717, 1.165) is 24.2 Å². The number of anilines is 1. The fourth-order valence-electron chi connectivity index (χ4n) is 3.81. The summed E-state index contributed by atoms with van der Waals surface area (Å²) >= 11 is 6.35. The monoisotopic (exact) mass is 425 g/mol. The van der Waals surface area contributed by atoms with Crippen LogP contribution in [-0.2, 0) is 9.59 Å². The van der Waals surface area contributed by atoms with Gasteiger partial charge in [-0.2, -0.15) is 0 Å². The molecule has 5 nitrogen and oxygen atoms in total. The summed E-state index contributed by atoms with van der Waals surface area (Å²) < 4.78 is 33.3. The number of hydrogen-bond donors (Lipinski definition) is 1. The number of carboxylic acids is 1. The van der Waals surface area contributed by atoms with Gasteiger partial charge in [-0.3, -0.25) is 9.69 Å². The highest BCUT2D eigenvalue weighted by atomic mass is 35.5. The van der Waals surface area contributed by atoms with Crippen LogP contribution in [0.1, 0.15) is 50.5 Å². The SMILES string of the molecule is C#CC(=O)N(c1cc(Cl)c(OC2CCC2)cc1C)C1(C(=O)O)CCC(F)(F)CC1. The molecule has 2 aliphatic carbocycles. The van der Waals surface area contributed by atoms with Crippen molar-refractivity contribution < 1.29 is 28.2 Å². The number of terminal acetylenes is 1. The number of halogens is 3. The second-order valence-electron chi connectivity index (χ2n) is 7.72. The predicted octanol–water partition coefficient (Wildman–Crippen LogP) is 4.58. The Bertz CT molecular complexity index is 866. The Hall–Kier alpha value is -2.33. The second kappa shape index (κ2) is 7.83. The van der Waals surface area contributed by atoms with Crippen molar-refractivity contribution in [2.45, 2.75) is 69.4 Å². The lowest BCUT2D eigenvalue weighted by atomic mass is 9.78. The third-order valence-electron chi connectivity index (χ3n) is 5.80. The van der Waals surface area contributed by atoms with Gasteiger partial charge < -0.3 is 9.84 Å². The molecule has 29 heavy (non-hydrogen) atoms. The second-order valence-corrected chi connectivity index (χ2v) is 8.12. The molecule has 8 heteroatoms. The van der Waals surface area contributed by atoms with Crippen LogP contribution in [0.15, 0.2) is 12.1 Å². The molecule has 1 aromatic rings. The molecule has 1 N–H and O–H groups in total. The smallest absolute Gasteiger partial charge is 0.330 e. The number of benzene rings is 1. The van der Waals surface area contributed by atoms with Crippen LogP contribution in [0.3, 0.4) is 0 Å². The van der Waals surface area contributed by atoms with Gasteiger partial charge in [-0.05, 0) is 62.6 Å². The van der Waals surface area contributed by atoms with E-state index in [-0.39, 0.29) is 16.8 Å². The van der Waals surface area contributed by atoms with Crippen LogP contribution in [-0.4, -0.2) is 34.5 Å². The van der Waals surface area contributed by atoms with E-state index in [1.54, 1.807) is 13.0 Å². The molecule has 0 aromatic heterocycles. The molecule has 0 heterocycles. The minimum Gasteiger partial charge on any atom is -0.489 e. The standard InChI is InChI=1S/C21H22ClF2NO4/c1-3-18(26)25(20(19(27)28)7-9-21(23,24)10-8-20)16-12-15(22)17(11-13(16)2)29-14-5-4-6-14/h1,11-12,14H,4-10H2,2H3,(H,27,28). The number of ether oxygens (including phenoxy) is 1. The number of amides is 1. The van der Waals surface area contributed by atoms with Gasteiger partial charge in [0.25, 0.3) is 0 Å². The number of carbonyl (C=O) groups is 2. The molecular formula is C21H22ClF2NO4. The zero-order valence-corrected chi connectivity index (χ0v) is 16.8. The molecule has 0 atom stereocenters. The molecular weight excluding hydrogens is 404 g/mol. The maximum absolute atomic E-state index is 13.7. The van der Waals surface area contributed by atoms with Crippen molar-refractivity contribution in [2.75, 3.05) is 4.90 Å². The van der Waals surface area contributed by atoms with Crippen molar-refractivity contribution >= 4 is 29.2 Å². The van der Waals surface area contributed by atoms with E-state index in [4.69, 9.17) is 22.8 Å². The van der Waals surface area contributed by atoms with Crippen molar-refractivity contribution in [3.8, 4) is 18.1 Å². The lowest BCUT2D eigenvalue weighted by molar-refractivity contribution is -0.150. The third-order valence-corrected chi connectivity index (χ3v) is 6.09. The number of nitrogens with zero attached hydrogens (tertiary/aromatic N) is 1. The Morgan fingerprint density at radius 2 is 1.90 bits per heavy atom. The minimum atomic E-state index is -2.98. The largest absolute Gasteiger partial charge is 0.489 e. The Morgan fingerprint density at radius 1 is 1.28 bits per heavy atom. The average molecular weight is 426 g/mol. The van der Waals surface area contributed by atoms with E-state index in [9.17, 15) is 23.5 Å². The van der Waals surface area contributed by atoms with Crippen LogP contribution in [0, 0.1) is 19.3 Å². The van der Waals surface area contributed by atoms with E-state index >= 15 is 0 Å². The van der Waals surface area contributed by atoms with Gasteiger partial charge in [0.15, 0.2) is 0 Å². The number of carboxylic acid groups (broad SMARTS) is 1. The van der Waals surface area contributed by atoms with E-state index in [0.29, 0.717) is 11.3 Å². The van der Waals surface area contributed by atoms with Gasteiger partial charge in [-0.1, -0.05) is 11.6 Å². The number of alkyl halides is 2. The van der Waals surface area contributed by atoms with Gasteiger partial charge in [0.2, 0.25) is 5.92 Å². The molecule has 0 saturated heterocycles. The molecule has 0 bridgehead atoms. The number of rotatable bonds is 5. The van der Waals surface area contributed by atoms with Gasteiger partial charge in [-0.25, -0.2) is 13.6 Å². The van der Waals surface area contributed by atoms with Gasteiger partial charge in [0.1, 0.15) is 11.3 Å². The Labute approximate surface area is 173 Å². The summed E-state index contributed by atoms with van der Waals surface area (Å²) in [6, 6.07) is 3.05. The summed E-state index contributed by atoms with van der Waals surface area (Å²) in [5.41, 5.74) is -1.16. The highest BCUT2D eigenvalue weighted by Crippen LogP contribution is 2.45. The molecule has 156 valence electrons. The first-order valence-electron chi connectivity index (χ1n) is 9.48. The van der Waals surface area contributed by atoms with E-state index in [1.165, 1.54) is 6.07 Å². The summed E-state index contributed by atoms with van der Waals surface area (Å²) in [5.74, 6) is -2.89. The van der Waals surface area contributed by atoms with Crippen molar-refractivity contribution in [1.82, 2.24) is 0 Å². The van der Waals surface area contributed by atoms with Gasteiger partial charge in [-0.15, -0.1) is 6.42 Å². The number of aryl methyl sites for hydroxylation is 1. The fraction of sp³-hybridized carbons (Fsp3) is 0.524. The molecule has 0 aliphatic heterocycles. The normalized spacial score (nSPS) is 20.2. The lowest BCUT2D eigenvalue weighted by Crippen LogP contribution is -2.60. The first kappa shape index (κ1) is 21.4. The molecule has 3 rings (SSSR count). The molecule has 1 aromatic carbocycles. The zero-order chi connectivity index (χ0) is 21.4. The van der Waals surface area contributed by atoms with E-state index in [1.807, 2.05) is 5.92 Å².